The standard InChI is InChI=1S/C26H35NO3/c1-8-23(21-10-9-11-22(15-21)27(18(4)5)19(6)7)24-14-20(16-28)12-13-25(24)30-26(29)17(2)3/h9-15,18-19,23,28H,2,8,16H2,1,3-7H3/t23-/m1/s1. The molecule has 162 valence electrons. The Morgan fingerprint density at radius 3 is 2.30 bits per heavy atom. The Labute approximate surface area is 181 Å². The van der Waals surface area contributed by atoms with Crippen LogP contribution in [0.1, 0.15) is 70.6 Å². The summed E-state index contributed by atoms with van der Waals surface area (Å²) in [4.78, 5) is 14.6. The molecule has 2 rings (SSSR count). The number of aliphatic hydroxyl groups excluding tert-OH is 1. The summed E-state index contributed by atoms with van der Waals surface area (Å²) < 4.78 is 5.63. The molecule has 1 N–H and O–H groups in total. The maximum atomic E-state index is 12.2. The number of rotatable bonds is 9. The topological polar surface area (TPSA) is 49.8 Å². The van der Waals surface area contributed by atoms with Crippen LogP contribution in [0.4, 0.5) is 5.69 Å². The molecule has 0 fully saturated rings. The van der Waals surface area contributed by atoms with Crippen molar-refractivity contribution >= 4 is 11.7 Å². The van der Waals surface area contributed by atoms with Crippen molar-refractivity contribution in [2.45, 2.75) is 72.6 Å². The molecule has 0 saturated carbocycles. The number of ether oxygens (including phenoxy) is 1. The summed E-state index contributed by atoms with van der Waals surface area (Å²) in [5.41, 5.74) is 4.38. The number of carbonyl (C=O) groups is 1. The highest BCUT2D eigenvalue weighted by Gasteiger charge is 2.22. The molecule has 0 amide bonds. The SMILES string of the molecule is C=C(C)C(=O)Oc1ccc(CO)cc1[C@H](CC)c1cccc(N(C(C)C)C(C)C)c1. The zero-order valence-corrected chi connectivity index (χ0v) is 19.1. The Bertz CT molecular complexity index is 878. The van der Waals surface area contributed by atoms with Crippen LogP contribution in [-0.4, -0.2) is 23.2 Å². The number of hydrogen-bond acceptors (Lipinski definition) is 4. The lowest BCUT2D eigenvalue weighted by Gasteiger charge is -2.34. The third kappa shape index (κ3) is 5.51. The first-order chi connectivity index (χ1) is 14.2. The molecular formula is C26H35NO3. The monoisotopic (exact) mass is 409 g/mol. The van der Waals surface area contributed by atoms with Crippen molar-refractivity contribution in [2.75, 3.05) is 4.90 Å². The predicted octanol–water partition coefficient (Wildman–Crippen LogP) is 5.83. The molecule has 0 saturated heterocycles. The van der Waals surface area contributed by atoms with E-state index in [4.69, 9.17) is 4.74 Å². The molecule has 0 radical (unpaired) electrons. The van der Waals surface area contributed by atoms with Crippen LogP contribution < -0.4 is 9.64 Å². The first kappa shape index (κ1) is 23.7. The lowest BCUT2D eigenvalue weighted by atomic mass is 9.87. The highest BCUT2D eigenvalue weighted by atomic mass is 16.5. The van der Waals surface area contributed by atoms with Crippen LogP contribution in [0.25, 0.3) is 0 Å². The van der Waals surface area contributed by atoms with Gasteiger partial charge >= 0.3 is 5.97 Å². The lowest BCUT2D eigenvalue weighted by molar-refractivity contribution is -0.130. The summed E-state index contributed by atoms with van der Waals surface area (Å²) >= 11 is 0. The van der Waals surface area contributed by atoms with E-state index in [0.29, 0.717) is 23.4 Å². The molecule has 2 aromatic carbocycles. The maximum Gasteiger partial charge on any atom is 0.338 e. The van der Waals surface area contributed by atoms with Gasteiger partial charge in [-0.05, 0) is 76.4 Å². The summed E-state index contributed by atoms with van der Waals surface area (Å²) in [5.74, 6) is 0.106. The van der Waals surface area contributed by atoms with Crippen LogP contribution in [0.2, 0.25) is 0 Å². The number of benzene rings is 2. The van der Waals surface area contributed by atoms with Gasteiger partial charge < -0.3 is 14.7 Å². The lowest BCUT2D eigenvalue weighted by Crippen LogP contribution is -2.37. The Kier molecular flexibility index (Phi) is 8.24. The first-order valence-electron chi connectivity index (χ1n) is 10.7. The minimum absolute atomic E-state index is 0.0329. The summed E-state index contributed by atoms with van der Waals surface area (Å²) in [6.45, 7) is 16.2. The number of anilines is 1. The van der Waals surface area contributed by atoms with Crippen molar-refractivity contribution in [1.82, 2.24) is 0 Å². The molecule has 2 aromatic rings. The van der Waals surface area contributed by atoms with Crippen LogP contribution in [0.5, 0.6) is 5.75 Å². The van der Waals surface area contributed by atoms with E-state index in [9.17, 15) is 9.90 Å². The van der Waals surface area contributed by atoms with Crippen molar-refractivity contribution in [3.05, 3.63) is 71.3 Å². The van der Waals surface area contributed by atoms with Gasteiger partial charge in [-0.15, -0.1) is 0 Å². The third-order valence-electron chi connectivity index (χ3n) is 5.27. The zero-order chi connectivity index (χ0) is 22.4. The van der Waals surface area contributed by atoms with Gasteiger partial charge in [0.1, 0.15) is 5.75 Å². The molecule has 0 aliphatic heterocycles. The Morgan fingerprint density at radius 2 is 1.77 bits per heavy atom. The van der Waals surface area contributed by atoms with E-state index >= 15 is 0 Å². The minimum atomic E-state index is -0.442. The molecule has 0 spiro atoms. The number of aliphatic hydroxyl groups is 1. The van der Waals surface area contributed by atoms with Crippen molar-refractivity contribution in [1.29, 1.82) is 0 Å². The normalized spacial score (nSPS) is 12.2. The van der Waals surface area contributed by atoms with Gasteiger partial charge in [-0.1, -0.05) is 31.7 Å². The van der Waals surface area contributed by atoms with Gasteiger partial charge in [0.2, 0.25) is 0 Å². The summed E-state index contributed by atoms with van der Waals surface area (Å²) in [6, 6.07) is 14.8. The fourth-order valence-corrected chi connectivity index (χ4v) is 3.98. The average molecular weight is 410 g/mol. The van der Waals surface area contributed by atoms with Crippen molar-refractivity contribution < 1.29 is 14.6 Å². The molecule has 0 unspecified atom stereocenters. The number of nitrogens with zero attached hydrogens (tertiary/aromatic N) is 1. The number of hydrogen-bond donors (Lipinski definition) is 1. The van der Waals surface area contributed by atoms with E-state index in [1.807, 2.05) is 6.07 Å². The van der Waals surface area contributed by atoms with E-state index in [2.05, 4.69) is 70.4 Å². The van der Waals surface area contributed by atoms with E-state index < -0.39 is 5.97 Å². The van der Waals surface area contributed by atoms with Crippen LogP contribution in [0.15, 0.2) is 54.6 Å². The summed E-state index contributed by atoms with van der Waals surface area (Å²) in [7, 11) is 0. The summed E-state index contributed by atoms with van der Waals surface area (Å²) in [5, 5.41) is 9.66. The molecule has 4 nitrogen and oxygen atoms in total. The fraction of sp³-hybridized carbons (Fsp3) is 0.423. The van der Waals surface area contributed by atoms with Gasteiger partial charge in [-0.3, -0.25) is 0 Å². The average Bonchev–Trinajstić information content (AvgIpc) is 2.69. The minimum Gasteiger partial charge on any atom is -0.423 e. The second-order valence-corrected chi connectivity index (χ2v) is 8.35. The van der Waals surface area contributed by atoms with Crippen molar-refractivity contribution in [2.24, 2.45) is 0 Å². The molecule has 0 aromatic heterocycles. The summed E-state index contributed by atoms with van der Waals surface area (Å²) in [6.07, 6.45) is 0.833. The van der Waals surface area contributed by atoms with E-state index in [-0.39, 0.29) is 12.5 Å². The number of esters is 1. The van der Waals surface area contributed by atoms with Crippen LogP contribution in [-0.2, 0) is 11.4 Å². The molecule has 0 aliphatic carbocycles. The van der Waals surface area contributed by atoms with Crippen molar-refractivity contribution in [3.63, 3.8) is 0 Å². The van der Waals surface area contributed by atoms with Gasteiger partial charge in [0.25, 0.3) is 0 Å². The second kappa shape index (κ2) is 10.4. The molecule has 1 atom stereocenters. The molecular weight excluding hydrogens is 374 g/mol. The smallest absolute Gasteiger partial charge is 0.338 e. The van der Waals surface area contributed by atoms with Gasteiger partial charge in [-0.25, -0.2) is 4.79 Å². The van der Waals surface area contributed by atoms with E-state index in [1.54, 1.807) is 19.1 Å². The van der Waals surface area contributed by atoms with Crippen LogP contribution in [0, 0.1) is 0 Å². The molecule has 0 aliphatic rings. The van der Waals surface area contributed by atoms with Gasteiger partial charge in [-0.2, -0.15) is 0 Å². The highest BCUT2D eigenvalue weighted by molar-refractivity contribution is 5.89. The third-order valence-corrected chi connectivity index (χ3v) is 5.27. The predicted molar refractivity (Wildman–Crippen MR) is 124 cm³/mol. The van der Waals surface area contributed by atoms with Crippen LogP contribution >= 0.6 is 0 Å². The van der Waals surface area contributed by atoms with Crippen molar-refractivity contribution in [3.8, 4) is 5.75 Å². The maximum absolute atomic E-state index is 12.2. The molecule has 0 bridgehead atoms. The van der Waals surface area contributed by atoms with Crippen LogP contribution in [0.3, 0.4) is 0 Å². The van der Waals surface area contributed by atoms with E-state index in [0.717, 1.165) is 23.1 Å². The second-order valence-electron chi connectivity index (χ2n) is 8.35. The molecule has 30 heavy (non-hydrogen) atoms. The quantitative estimate of drug-likeness (QED) is 0.322. The largest absolute Gasteiger partial charge is 0.423 e. The Hall–Kier alpha value is -2.59. The first-order valence-corrected chi connectivity index (χ1v) is 10.7. The van der Waals surface area contributed by atoms with Gasteiger partial charge in [0.05, 0.1) is 6.61 Å². The Morgan fingerprint density at radius 1 is 1.10 bits per heavy atom. The molecule has 0 heterocycles. The van der Waals surface area contributed by atoms with Gasteiger partial charge in [0.15, 0.2) is 0 Å². The molecule has 4 heteroatoms. The van der Waals surface area contributed by atoms with Gasteiger partial charge in [0, 0.05) is 34.8 Å². The Balaban J connectivity index is 2.55. The number of carbonyl (C=O) groups excluding carboxylic acids is 1. The zero-order valence-electron chi connectivity index (χ0n) is 19.1. The fourth-order valence-electron chi connectivity index (χ4n) is 3.98. The highest BCUT2D eigenvalue weighted by Crippen LogP contribution is 2.37. The van der Waals surface area contributed by atoms with E-state index in [1.165, 1.54) is 5.69 Å².